The Bertz CT molecular complexity index is 711. The van der Waals surface area contributed by atoms with Crippen LogP contribution in [0.2, 0.25) is 0 Å². The molecule has 0 aliphatic heterocycles. The molecule has 1 aromatic rings. The third-order valence-electron chi connectivity index (χ3n) is 3.81. The minimum atomic E-state index is -0.349. The van der Waals surface area contributed by atoms with Gasteiger partial charge in [0, 0.05) is 12.2 Å². The Balaban J connectivity index is 1.80. The fraction of sp³-hybridized carbons (Fsp3) is 0.167. The zero-order valence-corrected chi connectivity index (χ0v) is 11.9. The van der Waals surface area contributed by atoms with Gasteiger partial charge in [-0.2, -0.15) is 0 Å². The van der Waals surface area contributed by atoms with Crippen molar-refractivity contribution in [1.82, 2.24) is 5.32 Å². The highest BCUT2D eigenvalue weighted by Gasteiger charge is 2.22. The second kappa shape index (κ2) is 6.12. The lowest BCUT2D eigenvalue weighted by molar-refractivity contribution is -0.118. The van der Waals surface area contributed by atoms with Gasteiger partial charge < -0.3 is 10.4 Å². The number of fused-ring (bicyclic) bond motifs is 1. The zero-order valence-electron chi connectivity index (χ0n) is 11.9. The minimum Gasteiger partial charge on any atom is -0.396 e. The number of hydrogen-bond donors (Lipinski definition) is 2. The first-order valence-electron chi connectivity index (χ1n) is 7.17. The van der Waals surface area contributed by atoms with Gasteiger partial charge in [0.05, 0.1) is 6.04 Å². The van der Waals surface area contributed by atoms with Gasteiger partial charge in [-0.1, -0.05) is 36.4 Å². The number of hydrogen-bond acceptors (Lipinski definition) is 2. The van der Waals surface area contributed by atoms with Crippen LogP contribution < -0.4 is 5.32 Å². The third-order valence-corrected chi connectivity index (χ3v) is 3.81. The quantitative estimate of drug-likeness (QED) is 0.878. The van der Waals surface area contributed by atoms with E-state index in [0.717, 1.165) is 16.7 Å². The number of amides is 1. The van der Waals surface area contributed by atoms with E-state index in [0.29, 0.717) is 12.0 Å². The molecule has 0 unspecified atom stereocenters. The van der Waals surface area contributed by atoms with Crippen molar-refractivity contribution in [1.29, 1.82) is 0 Å². The van der Waals surface area contributed by atoms with Gasteiger partial charge in [0.15, 0.2) is 0 Å². The number of allylic oxidation sites excluding steroid dienone is 6. The number of halogens is 1. The summed E-state index contributed by atoms with van der Waals surface area (Å²) < 4.78 is 13.0. The first-order valence-corrected chi connectivity index (χ1v) is 7.17. The Morgan fingerprint density at radius 3 is 2.68 bits per heavy atom. The van der Waals surface area contributed by atoms with Gasteiger partial charge in [0.1, 0.15) is 5.82 Å². The summed E-state index contributed by atoms with van der Waals surface area (Å²) in [6.07, 6.45) is 9.85. The summed E-state index contributed by atoms with van der Waals surface area (Å²) in [6, 6.07) is 5.60. The minimum absolute atomic E-state index is 0.0604. The molecule has 1 atom stereocenters. The maximum atomic E-state index is 13.0. The number of carbonyl (C=O) groups excluding carboxylic acids is 1. The Hall–Kier alpha value is -2.46. The van der Waals surface area contributed by atoms with Crippen LogP contribution in [-0.2, 0) is 4.79 Å². The zero-order chi connectivity index (χ0) is 15.5. The van der Waals surface area contributed by atoms with E-state index in [1.54, 1.807) is 18.2 Å². The van der Waals surface area contributed by atoms with Crippen LogP contribution in [0.4, 0.5) is 4.39 Å². The highest BCUT2D eigenvalue weighted by molar-refractivity contribution is 6.00. The molecule has 1 aromatic carbocycles. The molecule has 0 saturated heterocycles. The van der Waals surface area contributed by atoms with Crippen molar-refractivity contribution in [3.8, 4) is 0 Å². The lowest BCUT2D eigenvalue weighted by Gasteiger charge is -2.18. The van der Waals surface area contributed by atoms with Gasteiger partial charge >= 0.3 is 0 Å². The first-order chi connectivity index (χ1) is 10.7. The number of aliphatic hydroxyl groups excluding tert-OH is 1. The van der Waals surface area contributed by atoms with E-state index in [-0.39, 0.29) is 24.4 Å². The van der Waals surface area contributed by atoms with Crippen LogP contribution in [0, 0.1) is 5.82 Å². The monoisotopic (exact) mass is 297 g/mol. The van der Waals surface area contributed by atoms with Crippen molar-refractivity contribution in [2.45, 2.75) is 12.5 Å². The highest BCUT2D eigenvalue weighted by Crippen LogP contribution is 2.30. The average molecular weight is 297 g/mol. The van der Waals surface area contributed by atoms with Crippen molar-refractivity contribution in [3.63, 3.8) is 0 Å². The summed E-state index contributed by atoms with van der Waals surface area (Å²) in [7, 11) is 0. The van der Waals surface area contributed by atoms with E-state index in [1.165, 1.54) is 12.1 Å². The van der Waals surface area contributed by atoms with Gasteiger partial charge in [-0.25, -0.2) is 4.39 Å². The van der Waals surface area contributed by atoms with Gasteiger partial charge in [-0.05, 0) is 41.3 Å². The maximum absolute atomic E-state index is 13.0. The van der Waals surface area contributed by atoms with Crippen molar-refractivity contribution in [3.05, 3.63) is 82.7 Å². The van der Waals surface area contributed by atoms with Crippen molar-refractivity contribution in [2.75, 3.05) is 6.61 Å². The molecule has 4 heteroatoms. The van der Waals surface area contributed by atoms with Crippen molar-refractivity contribution >= 4 is 5.91 Å². The summed E-state index contributed by atoms with van der Waals surface area (Å²) in [5, 5.41) is 12.1. The molecule has 0 aromatic heterocycles. The Kier molecular flexibility index (Phi) is 4.02. The SMILES string of the molecule is O=C(N[C@@H](CCO)c1ccc(F)cc1)C1=C2C=CC=C2C=C1. The molecule has 112 valence electrons. The standard InChI is InChI=1S/C18H16FNO2/c19-14-7-4-13(5-8-14)17(10-11-21)20-18(22)16-9-6-12-2-1-3-15(12)16/h1-9,17,21H,10-11H2,(H,20,22)/t17-/m0/s1. The van der Waals surface area contributed by atoms with Gasteiger partial charge in [-0.3, -0.25) is 4.79 Å². The molecule has 0 radical (unpaired) electrons. The Morgan fingerprint density at radius 2 is 1.95 bits per heavy atom. The van der Waals surface area contributed by atoms with Crippen molar-refractivity contribution < 1.29 is 14.3 Å². The van der Waals surface area contributed by atoms with E-state index in [2.05, 4.69) is 5.32 Å². The summed E-state index contributed by atoms with van der Waals surface area (Å²) in [5.41, 5.74) is 3.34. The third kappa shape index (κ3) is 2.78. The number of carbonyl (C=O) groups is 1. The molecule has 0 bridgehead atoms. The number of rotatable bonds is 5. The smallest absolute Gasteiger partial charge is 0.252 e. The van der Waals surface area contributed by atoms with Crippen LogP contribution >= 0.6 is 0 Å². The first kappa shape index (κ1) is 14.5. The van der Waals surface area contributed by atoms with E-state index in [9.17, 15) is 14.3 Å². The molecule has 3 nitrogen and oxygen atoms in total. The highest BCUT2D eigenvalue weighted by atomic mass is 19.1. The predicted molar refractivity (Wildman–Crippen MR) is 82.4 cm³/mol. The Labute approximate surface area is 128 Å². The van der Waals surface area contributed by atoms with Crippen LogP contribution in [-0.4, -0.2) is 17.6 Å². The number of nitrogens with one attached hydrogen (secondary N) is 1. The molecule has 22 heavy (non-hydrogen) atoms. The predicted octanol–water partition coefficient (Wildman–Crippen LogP) is 2.73. The summed E-state index contributed by atoms with van der Waals surface area (Å²) >= 11 is 0. The second-order valence-electron chi connectivity index (χ2n) is 5.23. The van der Waals surface area contributed by atoms with E-state index in [4.69, 9.17) is 0 Å². The fourth-order valence-corrected chi connectivity index (χ4v) is 2.67. The number of aliphatic hydroxyl groups is 1. The molecule has 0 saturated carbocycles. The summed E-state index contributed by atoms with van der Waals surface area (Å²) in [4.78, 5) is 12.5. The lowest BCUT2D eigenvalue weighted by Crippen LogP contribution is -2.30. The van der Waals surface area contributed by atoms with Gasteiger partial charge in [0.2, 0.25) is 0 Å². The molecule has 0 fully saturated rings. The van der Waals surface area contributed by atoms with Crippen LogP contribution in [0.1, 0.15) is 18.0 Å². The molecular formula is C18H16FNO2. The van der Waals surface area contributed by atoms with E-state index in [1.807, 2.05) is 24.3 Å². The molecule has 2 aliphatic rings. The second-order valence-corrected chi connectivity index (χ2v) is 5.23. The topological polar surface area (TPSA) is 49.3 Å². The molecule has 3 rings (SSSR count). The lowest BCUT2D eigenvalue weighted by atomic mass is 10.0. The molecule has 0 spiro atoms. The van der Waals surface area contributed by atoms with Crippen LogP contribution in [0.15, 0.2) is 71.4 Å². The van der Waals surface area contributed by atoms with Gasteiger partial charge in [-0.15, -0.1) is 0 Å². The van der Waals surface area contributed by atoms with E-state index >= 15 is 0 Å². The van der Waals surface area contributed by atoms with Crippen molar-refractivity contribution in [2.24, 2.45) is 0 Å². The fourth-order valence-electron chi connectivity index (χ4n) is 2.67. The molecule has 0 heterocycles. The number of benzene rings is 1. The molecule has 2 aliphatic carbocycles. The van der Waals surface area contributed by atoms with Crippen LogP contribution in [0.25, 0.3) is 0 Å². The molecule has 1 amide bonds. The molecule has 2 N–H and O–H groups in total. The molecular weight excluding hydrogens is 281 g/mol. The van der Waals surface area contributed by atoms with Crippen LogP contribution in [0.3, 0.4) is 0 Å². The van der Waals surface area contributed by atoms with Gasteiger partial charge in [0.25, 0.3) is 5.91 Å². The normalized spacial score (nSPS) is 16.7. The summed E-state index contributed by atoms with van der Waals surface area (Å²) in [6.45, 7) is -0.0604. The maximum Gasteiger partial charge on any atom is 0.252 e. The average Bonchev–Trinajstić information content (AvgIpc) is 3.10. The van der Waals surface area contributed by atoms with E-state index < -0.39 is 0 Å². The van der Waals surface area contributed by atoms with Crippen LogP contribution in [0.5, 0.6) is 0 Å². The summed E-state index contributed by atoms with van der Waals surface area (Å²) in [5.74, 6) is -0.517. The largest absolute Gasteiger partial charge is 0.396 e. The Morgan fingerprint density at radius 1 is 1.18 bits per heavy atom.